The van der Waals surface area contributed by atoms with E-state index in [0.717, 1.165) is 35.4 Å². The topological polar surface area (TPSA) is 99.9 Å². The normalized spacial score (nSPS) is 13.2. The standard InChI is InChI=1S/C22H22F3N5O3/c23-22(24,25)13-27-21(32)28-17-3-1-2-15(10-17)18-12-26-19-11-16(6-7-30(18)19)20(14-4-5-14)29-33-9-8-31/h1-3,6-7,10-12,29,31H,4-5,8-9,13H2,(H2,27,28,32). The van der Waals surface area contributed by atoms with Gasteiger partial charge >= 0.3 is 12.2 Å². The lowest BCUT2D eigenvalue weighted by Gasteiger charge is -2.12. The van der Waals surface area contributed by atoms with Gasteiger partial charge in [0.25, 0.3) is 0 Å². The molecule has 0 spiro atoms. The maximum atomic E-state index is 12.3. The number of allylic oxidation sites excluding steroid dienone is 1. The number of fused-ring (bicyclic) bond motifs is 1. The zero-order valence-corrected chi connectivity index (χ0v) is 17.4. The lowest BCUT2D eigenvalue weighted by molar-refractivity contribution is -0.122. The van der Waals surface area contributed by atoms with E-state index >= 15 is 0 Å². The van der Waals surface area contributed by atoms with Crippen molar-refractivity contribution in [2.45, 2.75) is 19.0 Å². The minimum atomic E-state index is -4.48. The molecule has 174 valence electrons. The monoisotopic (exact) mass is 461 g/mol. The summed E-state index contributed by atoms with van der Waals surface area (Å²) in [5, 5.41) is 13.1. The SMILES string of the molecule is O=C(NCC(F)(F)F)Nc1cccc(-c2cnc3cc(C(NOCCO)=C4CC4)ccn23)c1. The number of carbonyl (C=O) groups excluding carboxylic acids is 1. The van der Waals surface area contributed by atoms with E-state index < -0.39 is 18.8 Å². The molecule has 2 heterocycles. The van der Waals surface area contributed by atoms with E-state index in [9.17, 15) is 18.0 Å². The molecule has 4 N–H and O–H groups in total. The van der Waals surface area contributed by atoms with Crippen LogP contribution in [-0.2, 0) is 4.84 Å². The molecule has 0 aliphatic heterocycles. The van der Waals surface area contributed by atoms with Crippen LogP contribution in [0.1, 0.15) is 18.4 Å². The number of imidazole rings is 1. The van der Waals surface area contributed by atoms with Crippen LogP contribution in [0.2, 0.25) is 0 Å². The summed E-state index contributed by atoms with van der Waals surface area (Å²) in [6, 6.07) is 9.64. The van der Waals surface area contributed by atoms with Crippen molar-refractivity contribution >= 4 is 23.1 Å². The fourth-order valence-corrected chi connectivity index (χ4v) is 3.28. The minimum Gasteiger partial charge on any atom is -0.394 e. The summed E-state index contributed by atoms with van der Waals surface area (Å²) < 4.78 is 38.7. The van der Waals surface area contributed by atoms with Gasteiger partial charge in [0, 0.05) is 23.0 Å². The van der Waals surface area contributed by atoms with Gasteiger partial charge in [-0.1, -0.05) is 12.1 Å². The summed E-state index contributed by atoms with van der Waals surface area (Å²) in [4.78, 5) is 21.5. The number of aliphatic hydroxyl groups is 1. The van der Waals surface area contributed by atoms with Crippen molar-refractivity contribution in [2.75, 3.05) is 25.1 Å². The van der Waals surface area contributed by atoms with Gasteiger partial charge in [0.1, 0.15) is 12.2 Å². The fourth-order valence-electron chi connectivity index (χ4n) is 3.28. The molecule has 0 unspecified atom stereocenters. The van der Waals surface area contributed by atoms with Gasteiger partial charge in [-0.05, 0) is 42.7 Å². The van der Waals surface area contributed by atoms with Crippen molar-refractivity contribution in [3.63, 3.8) is 0 Å². The van der Waals surface area contributed by atoms with Gasteiger partial charge in [0.05, 0.1) is 30.8 Å². The van der Waals surface area contributed by atoms with E-state index in [1.165, 1.54) is 5.57 Å². The molecule has 0 bridgehead atoms. The number of aliphatic hydroxyl groups excluding tert-OH is 1. The van der Waals surface area contributed by atoms with Crippen molar-refractivity contribution in [1.29, 1.82) is 0 Å². The molecule has 8 nitrogen and oxygen atoms in total. The van der Waals surface area contributed by atoms with Crippen LogP contribution >= 0.6 is 0 Å². The largest absolute Gasteiger partial charge is 0.405 e. The Kier molecular flexibility index (Phi) is 6.52. The lowest BCUT2D eigenvalue weighted by atomic mass is 10.1. The van der Waals surface area contributed by atoms with Crippen LogP contribution in [0, 0.1) is 0 Å². The predicted octanol–water partition coefficient (Wildman–Crippen LogP) is 3.70. The Bertz CT molecular complexity index is 1180. The molecule has 0 radical (unpaired) electrons. The van der Waals surface area contributed by atoms with E-state index in [2.05, 4.69) is 15.8 Å². The number of pyridine rings is 1. The quantitative estimate of drug-likeness (QED) is 0.303. The smallest absolute Gasteiger partial charge is 0.394 e. The van der Waals surface area contributed by atoms with Crippen LogP contribution < -0.4 is 16.1 Å². The van der Waals surface area contributed by atoms with Crippen molar-refractivity contribution in [3.8, 4) is 11.3 Å². The van der Waals surface area contributed by atoms with Gasteiger partial charge in [-0.3, -0.25) is 14.7 Å². The van der Waals surface area contributed by atoms with Gasteiger partial charge in [-0.25, -0.2) is 9.78 Å². The minimum absolute atomic E-state index is 0.0871. The summed E-state index contributed by atoms with van der Waals surface area (Å²) in [6.45, 7) is -1.33. The Morgan fingerprint density at radius 1 is 1.21 bits per heavy atom. The number of hydrogen-bond acceptors (Lipinski definition) is 5. The van der Waals surface area contributed by atoms with Gasteiger partial charge < -0.3 is 15.7 Å². The van der Waals surface area contributed by atoms with Crippen molar-refractivity contribution in [3.05, 3.63) is 59.9 Å². The Morgan fingerprint density at radius 2 is 2.03 bits per heavy atom. The number of aromatic nitrogens is 2. The molecular weight excluding hydrogens is 439 g/mol. The molecule has 1 fully saturated rings. The molecule has 1 saturated carbocycles. The number of amides is 2. The third-order valence-electron chi connectivity index (χ3n) is 4.89. The highest BCUT2D eigenvalue weighted by Gasteiger charge is 2.27. The number of urea groups is 1. The molecule has 1 aliphatic carbocycles. The zero-order valence-electron chi connectivity index (χ0n) is 17.4. The summed E-state index contributed by atoms with van der Waals surface area (Å²) >= 11 is 0. The molecule has 1 aliphatic rings. The Labute approximate surface area is 187 Å². The maximum Gasteiger partial charge on any atom is 0.405 e. The van der Waals surface area contributed by atoms with Gasteiger partial charge in [-0.2, -0.15) is 13.2 Å². The van der Waals surface area contributed by atoms with Crippen LogP contribution in [0.5, 0.6) is 0 Å². The second-order valence-corrected chi connectivity index (χ2v) is 7.44. The predicted molar refractivity (Wildman–Crippen MR) is 116 cm³/mol. The number of benzene rings is 1. The van der Waals surface area contributed by atoms with Gasteiger partial charge in [0.2, 0.25) is 0 Å². The number of carbonyl (C=O) groups is 1. The molecular formula is C22H22F3N5O3. The molecule has 3 aromatic rings. The average Bonchev–Trinajstić information content (AvgIpc) is 3.53. The molecule has 2 aromatic heterocycles. The number of nitrogens with zero attached hydrogens (tertiary/aromatic N) is 2. The third kappa shape index (κ3) is 5.82. The number of hydroxylamine groups is 1. The molecule has 11 heteroatoms. The Balaban J connectivity index is 1.53. The van der Waals surface area contributed by atoms with Crippen LogP contribution in [0.3, 0.4) is 0 Å². The molecule has 1 aromatic carbocycles. The van der Waals surface area contributed by atoms with E-state index in [0.29, 0.717) is 11.3 Å². The fraction of sp³-hybridized carbons (Fsp3) is 0.273. The molecule has 0 saturated heterocycles. The van der Waals surface area contributed by atoms with E-state index in [4.69, 9.17) is 9.94 Å². The van der Waals surface area contributed by atoms with Gasteiger partial charge in [0.15, 0.2) is 0 Å². The molecule has 0 atom stereocenters. The number of halogens is 3. The summed E-state index contributed by atoms with van der Waals surface area (Å²) in [7, 11) is 0. The number of rotatable bonds is 8. The summed E-state index contributed by atoms with van der Waals surface area (Å²) in [5.41, 5.74) is 8.43. The van der Waals surface area contributed by atoms with Crippen LogP contribution in [-0.4, -0.2) is 46.5 Å². The van der Waals surface area contributed by atoms with Crippen LogP contribution in [0.25, 0.3) is 22.6 Å². The number of nitrogens with one attached hydrogen (secondary N) is 3. The average molecular weight is 461 g/mol. The maximum absolute atomic E-state index is 12.3. The summed E-state index contributed by atoms with van der Waals surface area (Å²) in [6.07, 6.45) is 1.02. The first-order valence-electron chi connectivity index (χ1n) is 10.2. The first-order valence-corrected chi connectivity index (χ1v) is 10.2. The lowest BCUT2D eigenvalue weighted by Crippen LogP contribution is -2.36. The second-order valence-electron chi connectivity index (χ2n) is 7.44. The molecule has 4 rings (SSSR count). The van der Waals surface area contributed by atoms with E-state index in [1.807, 2.05) is 28.8 Å². The zero-order chi connectivity index (χ0) is 23.4. The first-order chi connectivity index (χ1) is 15.8. The van der Waals surface area contributed by atoms with E-state index in [1.54, 1.807) is 29.7 Å². The number of alkyl halides is 3. The van der Waals surface area contributed by atoms with Gasteiger partial charge in [-0.15, -0.1) is 0 Å². The molecule has 33 heavy (non-hydrogen) atoms. The summed E-state index contributed by atoms with van der Waals surface area (Å²) in [5.74, 6) is 0. The van der Waals surface area contributed by atoms with Crippen molar-refractivity contribution < 1.29 is 27.9 Å². The highest BCUT2D eigenvalue weighted by atomic mass is 19.4. The van der Waals surface area contributed by atoms with Crippen LogP contribution in [0.15, 0.2) is 54.4 Å². The highest BCUT2D eigenvalue weighted by molar-refractivity contribution is 5.90. The highest BCUT2D eigenvalue weighted by Crippen LogP contribution is 2.35. The van der Waals surface area contributed by atoms with Crippen molar-refractivity contribution in [2.24, 2.45) is 0 Å². The third-order valence-corrected chi connectivity index (χ3v) is 4.89. The Hall–Kier alpha value is -3.57. The number of hydrogen-bond donors (Lipinski definition) is 4. The Morgan fingerprint density at radius 3 is 2.76 bits per heavy atom. The first kappa shape index (κ1) is 22.6. The second kappa shape index (κ2) is 9.51. The van der Waals surface area contributed by atoms with Crippen molar-refractivity contribution in [1.82, 2.24) is 20.2 Å². The number of anilines is 1. The van der Waals surface area contributed by atoms with E-state index in [-0.39, 0.29) is 13.2 Å². The van der Waals surface area contributed by atoms with Crippen LogP contribution in [0.4, 0.5) is 23.7 Å². The molecule has 2 amide bonds.